The molecule has 3 aromatic carbocycles. The van der Waals surface area contributed by atoms with E-state index in [0.29, 0.717) is 17.9 Å². The summed E-state index contributed by atoms with van der Waals surface area (Å²) in [5, 5.41) is 1.18. The number of nitrogens with one attached hydrogen (secondary N) is 1. The van der Waals surface area contributed by atoms with Gasteiger partial charge in [-0.1, -0.05) is 30.3 Å². The minimum atomic E-state index is -0.309. The fourth-order valence-corrected chi connectivity index (χ4v) is 4.35. The van der Waals surface area contributed by atoms with Gasteiger partial charge in [0.1, 0.15) is 11.6 Å². The van der Waals surface area contributed by atoms with Crippen LogP contribution in [0.1, 0.15) is 33.2 Å². The van der Waals surface area contributed by atoms with Crippen molar-refractivity contribution in [3.05, 3.63) is 101 Å². The van der Waals surface area contributed by atoms with Gasteiger partial charge in [-0.3, -0.25) is 4.79 Å². The number of carbonyl (C=O) groups is 1. The zero-order valence-electron chi connectivity index (χ0n) is 16.6. The third-order valence-corrected chi connectivity index (χ3v) is 5.82. The van der Waals surface area contributed by atoms with Crippen LogP contribution in [0.25, 0.3) is 10.9 Å². The number of nitrogens with zero attached hydrogens (tertiary/aromatic N) is 1. The number of amides is 1. The van der Waals surface area contributed by atoms with Crippen molar-refractivity contribution in [1.29, 1.82) is 0 Å². The summed E-state index contributed by atoms with van der Waals surface area (Å²) in [4.78, 5) is 18.9. The van der Waals surface area contributed by atoms with E-state index >= 15 is 0 Å². The molecule has 30 heavy (non-hydrogen) atoms. The number of halogens is 1. The number of hydrogen-bond acceptors (Lipinski definition) is 2. The van der Waals surface area contributed by atoms with Crippen LogP contribution in [0.4, 0.5) is 4.39 Å². The summed E-state index contributed by atoms with van der Waals surface area (Å²) in [5.41, 5.74) is 4.75. The lowest BCUT2D eigenvalue weighted by atomic mass is 9.91. The molecule has 1 amide bonds. The fourth-order valence-electron chi connectivity index (χ4n) is 4.35. The number of fused-ring (bicyclic) bond motifs is 3. The van der Waals surface area contributed by atoms with Crippen molar-refractivity contribution in [3.63, 3.8) is 0 Å². The van der Waals surface area contributed by atoms with Gasteiger partial charge in [-0.2, -0.15) is 0 Å². The first-order valence-corrected chi connectivity index (χ1v) is 9.95. The molecule has 0 spiro atoms. The topological polar surface area (TPSA) is 45.3 Å². The third-order valence-electron chi connectivity index (χ3n) is 5.82. The standard InChI is InChI=1S/C25H21FN2O2/c1-30-19-12-8-17(9-13-19)25(29)28-15-14-21-20-4-2-3-5-22(20)27-23(21)24(28)16-6-10-18(26)11-7-16/h2-13,24,27H,14-15H2,1H3. The normalized spacial score (nSPS) is 15.8. The van der Waals surface area contributed by atoms with Crippen LogP contribution in [0.2, 0.25) is 0 Å². The van der Waals surface area contributed by atoms with Crippen LogP contribution in [0, 0.1) is 5.82 Å². The summed E-state index contributed by atoms with van der Waals surface area (Å²) in [6, 6.07) is 21.4. The summed E-state index contributed by atoms with van der Waals surface area (Å²) in [6.07, 6.45) is 0.763. The van der Waals surface area contributed by atoms with Crippen LogP contribution in [-0.4, -0.2) is 29.4 Å². The predicted molar refractivity (Wildman–Crippen MR) is 114 cm³/mol. The van der Waals surface area contributed by atoms with Crippen LogP contribution in [0.5, 0.6) is 5.75 Å². The number of ether oxygens (including phenoxy) is 1. The molecule has 0 aliphatic carbocycles. The Hall–Kier alpha value is -3.60. The number of methoxy groups -OCH3 is 1. The number of para-hydroxylation sites is 1. The van der Waals surface area contributed by atoms with Gasteiger partial charge in [0.2, 0.25) is 0 Å². The number of rotatable bonds is 3. The molecule has 4 aromatic rings. The molecule has 1 aliphatic rings. The predicted octanol–water partition coefficient (Wildman–Crippen LogP) is 5.10. The molecule has 5 heteroatoms. The third kappa shape index (κ3) is 3.03. The lowest BCUT2D eigenvalue weighted by Crippen LogP contribution is -2.40. The van der Waals surface area contributed by atoms with Crippen molar-refractivity contribution in [1.82, 2.24) is 9.88 Å². The number of benzene rings is 3. The molecule has 1 N–H and O–H groups in total. The average molecular weight is 400 g/mol. The SMILES string of the molecule is COc1ccc(C(=O)N2CCc3c([nH]c4ccccc34)C2c2ccc(F)cc2)cc1. The van der Waals surface area contributed by atoms with Gasteiger partial charge in [0.05, 0.1) is 13.2 Å². The molecular weight excluding hydrogens is 379 g/mol. The van der Waals surface area contributed by atoms with Crippen LogP contribution >= 0.6 is 0 Å². The highest BCUT2D eigenvalue weighted by Gasteiger charge is 2.34. The zero-order valence-corrected chi connectivity index (χ0v) is 16.6. The number of hydrogen-bond donors (Lipinski definition) is 1. The van der Waals surface area contributed by atoms with E-state index in [1.54, 1.807) is 43.5 Å². The van der Waals surface area contributed by atoms with Crippen LogP contribution in [0.3, 0.4) is 0 Å². The van der Waals surface area contributed by atoms with E-state index in [1.807, 2.05) is 23.1 Å². The van der Waals surface area contributed by atoms with E-state index in [-0.39, 0.29) is 17.8 Å². The Morgan fingerprint density at radius 3 is 2.50 bits per heavy atom. The fraction of sp³-hybridized carbons (Fsp3) is 0.160. The molecular formula is C25H21FN2O2. The van der Waals surface area contributed by atoms with Crippen molar-refractivity contribution >= 4 is 16.8 Å². The highest BCUT2D eigenvalue weighted by atomic mass is 19.1. The van der Waals surface area contributed by atoms with Crippen molar-refractivity contribution in [3.8, 4) is 5.75 Å². The molecule has 0 bridgehead atoms. The van der Waals surface area contributed by atoms with E-state index in [9.17, 15) is 9.18 Å². The van der Waals surface area contributed by atoms with Gasteiger partial charge in [-0.25, -0.2) is 4.39 Å². The lowest BCUT2D eigenvalue weighted by Gasteiger charge is -2.36. The quantitative estimate of drug-likeness (QED) is 0.520. The van der Waals surface area contributed by atoms with Crippen LogP contribution in [0.15, 0.2) is 72.8 Å². The van der Waals surface area contributed by atoms with E-state index in [4.69, 9.17) is 4.74 Å². The first-order valence-electron chi connectivity index (χ1n) is 9.95. The maximum absolute atomic E-state index is 13.6. The molecule has 5 rings (SSSR count). The molecule has 1 aliphatic heterocycles. The average Bonchev–Trinajstić information content (AvgIpc) is 3.17. The molecule has 150 valence electrons. The Bertz CT molecular complexity index is 1210. The Morgan fingerprint density at radius 1 is 1.03 bits per heavy atom. The summed E-state index contributed by atoms with van der Waals surface area (Å²) >= 11 is 0. The number of aromatic nitrogens is 1. The second-order valence-electron chi connectivity index (χ2n) is 7.49. The first kappa shape index (κ1) is 18.4. The second-order valence-corrected chi connectivity index (χ2v) is 7.49. The molecule has 2 heterocycles. The monoisotopic (exact) mass is 400 g/mol. The Kier molecular flexibility index (Phi) is 4.51. The largest absolute Gasteiger partial charge is 0.497 e. The minimum absolute atomic E-state index is 0.0590. The molecule has 0 saturated heterocycles. The van der Waals surface area contributed by atoms with Crippen molar-refractivity contribution in [2.24, 2.45) is 0 Å². The molecule has 1 atom stereocenters. The number of aromatic amines is 1. The minimum Gasteiger partial charge on any atom is -0.497 e. The van der Waals surface area contributed by atoms with Gasteiger partial charge in [0, 0.05) is 28.7 Å². The Labute approximate surface area is 173 Å². The van der Waals surface area contributed by atoms with Gasteiger partial charge in [0.25, 0.3) is 5.91 Å². The van der Waals surface area contributed by atoms with Crippen LogP contribution in [-0.2, 0) is 6.42 Å². The first-order chi connectivity index (χ1) is 14.7. The zero-order chi connectivity index (χ0) is 20.7. The van der Waals surface area contributed by atoms with Crippen molar-refractivity contribution in [2.45, 2.75) is 12.5 Å². The summed E-state index contributed by atoms with van der Waals surface area (Å²) in [6.45, 7) is 0.585. The van der Waals surface area contributed by atoms with Gasteiger partial charge >= 0.3 is 0 Å². The summed E-state index contributed by atoms with van der Waals surface area (Å²) < 4.78 is 18.8. The molecule has 1 aromatic heterocycles. The Balaban J connectivity index is 1.62. The smallest absolute Gasteiger partial charge is 0.254 e. The van der Waals surface area contributed by atoms with Crippen LogP contribution < -0.4 is 4.74 Å². The summed E-state index contributed by atoms with van der Waals surface area (Å²) in [5.74, 6) is 0.355. The maximum atomic E-state index is 13.6. The number of carbonyl (C=O) groups excluding carboxylic acids is 1. The lowest BCUT2D eigenvalue weighted by molar-refractivity contribution is 0.0692. The Morgan fingerprint density at radius 2 is 1.77 bits per heavy atom. The van der Waals surface area contributed by atoms with Gasteiger partial charge in [-0.15, -0.1) is 0 Å². The highest BCUT2D eigenvalue weighted by molar-refractivity contribution is 5.95. The van der Waals surface area contributed by atoms with Crippen molar-refractivity contribution in [2.75, 3.05) is 13.7 Å². The summed E-state index contributed by atoms with van der Waals surface area (Å²) in [7, 11) is 1.60. The van der Waals surface area contributed by atoms with Gasteiger partial charge in [-0.05, 0) is 60.0 Å². The van der Waals surface area contributed by atoms with E-state index in [0.717, 1.165) is 23.2 Å². The molecule has 0 radical (unpaired) electrons. The molecule has 4 nitrogen and oxygen atoms in total. The van der Waals surface area contributed by atoms with Gasteiger partial charge < -0.3 is 14.6 Å². The second kappa shape index (κ2) is 7.34. The van der Waals surface area contributed by atoms with E-state index < -0.39 is 0 Å². The van der Waals surface area contributed by atoms with Crippen molar-refractivity contribution < 1.29 is 13.9 Å². The van der Waals surface area contributed by atoms with Gasteiger partial charge in [0.15, 0.2) is 0 Å². The molecule has 0 saturated carbocycles. The maximum Gasteiger partial charge on any atom is 0.254 e. The van der Waals surface area contributed by atoms with E-state index in [2.05, 4.69) is 11.1 Å². The molecule has 1 unspecified atom stereocenters. The highest BCUT2D eigenvalue weighted by Crippen LogP contribution is 2.39. The molecule has 0 fully saturated rings. The van der Waals surface area contributed by atoms with E-state index in [1.165, 1.54) is 23.1 Å². The number of H-pyrrole nitrogens is 1.